The fraction of sp³-hybridized carbons (Fsp3) is 1.00. The van der Waals surface area contributed by atoms with E-state index in [1.165, 1.54) is 0 Å². The van der Waals surface area contributed by atoms with Crippen LogP contribution in [0.3, 0.4) is 0 Å². The molecule has 0 bridgehead atoms. The highest BCUT2D eigenvalue weighted by Crippen LogP contribution is 2.21. The maximum Gasteiger partial charge on any atom is 0.697 e. The Balaban J connectivity index is 0. The zero-order valence-corrected chi connectivity index (χ0v) is 8.62. The van der Waals surface area contributed by atoms with Crippen molar-refractivity contribution in [2.75, 3.05) is 13.2 Å². The molecule has 6 nitrogen and oxygen atoms in total. The minimum atomic E-state index is -2.87. The van der Waals surface area contributed by atoms with E-state index in [2.05, 4.69) is 9.05 Å². The van der Waals surface area contributed by atoms with Gasteiger partial charge in [0.25, 0.3) is 0 Å². The number of hydrogen-bond acceptors (Lipinski definition) is 4. The first-order chi connectivity index (χ1) is 5.54. The van der Waals surface area contributed by atoms with Gasteiger partial charge >= 0.3 is 16.5 Å². The van der Waals surface area contributed by atoms with Gasteiger partial charge in [0.2, 0.25) is 0 Å². The molecular weight excluding hydrogens is 206 g/mol. The van der Waals surface area contributed by atoms with E-state index in [0.717, 1.165) is 0 Å². The first-order valence-corrected chi connectivity index (χ1v) is 5.38. The Morgan fingerprint density at radius 3 is 1.50 bits per heavy atom. The van der Waals surface area contributed by atoms with Crippen molar-refractivity contribution >= 4 is 16.5 Å². The molecule has 8 heteroatoms. The molecule has 2 N–H and O–H groups in total. The van der Waals surface area contributed by atoms with Gasteiger partial charge in [-0.3, -0.25) is 0 Å². The van der Waals surface area contributed by atoms with Crippen LogP contribution in [0.25, 0.3) is 0 Å². The summed E-state index contributed by atoms with van der Waals surface area (Å²) in [6.07, 6.45) is 0. The van der Waals surface area contributed by atoms with Gasteiger partial charge in [0, 0.05) is 9.13 Å². The molecule has 0 aromatic carbocycles. The lowest BCUT2D eigenvalue weighted by Crippen LogP contribution is -1.81. The van der Waals surface area contributed by atoms with Crippen molar-refractivity contribution in [2.45, 2.75) is 13.8 Å². The summed E-state index contributed by atoms with van der Waals surface area (Å²) in [7, 11) is -4.70. The quantitative estimate of drug-likeness (QED) is 0.691. The van der Waals surface area contributed by atoms with Gasteiger partial charge in [-0.05, 0) is 13.8 Å². The van der Waals surface area contributed by atoms with Crippen molar-refractivity contribution in [3.05, 3.63) is 0 Å². The highest BCUT2D eigenvalue weighted by Gasteiger charge is 2.15. The molecule has 0 atom stereocenters. The maximum absolute atomic E-state index is 10.3. The second kappa shape index (κ2) is 11.0. The van der Waals surface area contributed by atoms with Crippen molar-refractivity contribution in [2.24, 2.45) is 0 Å². The second-order valence-electron chi connectivity index (χ2n) is 1.31. The average Bonchev–Trinajstić information content (AvgIpc) is 1.87. The standard InChI is InChI=1S/C4H10O3P.HO3P/c1-3-6-8(5)7-4-2;1-4(2)3/h3-4H2,1-2H3;(H-,1,2,3)/q+1;/p+1. The van der Waals surface area contributed by atoms with Crippen molar-refractivity contribution in [1.82, 2.24) is 0 Å². The first kappa shape index (κ1) is 14.6. The van der Waals surface area contributed by atoms with Crippen molar-refractivity contribution in [1.29, 1.82) is 0 Å². The number of hydrogen-bond donors (Lipinski definition) is 2. The van der Waals surface area contributed by atoms with E-state index in [4.69, 9.17) is 14.4 Å². The predicted octanol–water partition coefficient (Wildman–Crippen LogP) is 1.35. The molecule has 0 heterocycles. The predicted molar refractivity (Wildman–Crippen MR) is 42.9 cm³/mol. The summed E-state index contributed by atoms with van der Waals surface area (Å²) in [5.41, 5.74) is 0. The highest BCUT2D eigenvalue weighted by molar-refractivity contribution is 7.33. The zero-order valence-electron chi connectivity index (χ0n) is 6.84. The average molecular weight is 218 g/mol. The maximum atomic E-state index is 10.3. The van der Waals surface area contributed by atoms with E-state index in [-0.39, 0.29) is 0 Å². The van der Waals surface area contributed by atoms with Gasteiger partial charge in [-0.25, -0.2) is 0 Å². The van der Waals surface area contributed by atoms with Crippen LogP contribution in [0.1, 0.15) is 13.8 Å². The largest absolute Gasteiger partial charge is 0.697 e. The van der Waals surface area contributed by atoms with Gasteiger partial charge in [-0.2, -0.15) is 0 Å². The van der Waals surface area contributed by atoms with E-state index < -0.39 is 16.5 Å². The summed E-state index contributed by atoms with van der Waals surface area (Å²) in [5.74, 6) is 0. The molecule has 0 rings (SSSR count). The highest BCUT2D eigenvalue weighted by atomic mass is 31.1. The molecular formula is C4H12O6P2+2. The molecule has 0 aromatic rings. The topological polar surface area (TPSA) is 93.1 Å². The summed E-state index contributed by atoms with van der Waals surface area (Å²) < 4.78 is 28.2. The summed E-state index contributed by atoms with van der Waals surface area (Å²) >= 11 is 0. The van der Waals surface area contributed by atoms with Gasteiger partial charge < -0.3 is 0 Å². The molecule has 0 spiro atoms. The lowest BCUT2D eigenvalue weighted by Gasteiger charge is -1.78. The van der Waals surface area contributed by atoms with Crippen LogP contribution >= 0.6 is 16.5 Å². The van der Waals surface area contributed by atoms with E-state index in [1.54, 1.807) is 13.8 Å². The van der Waals surface area contributed by atoms with Crippen LogP contribution in [0.4, 0.5) is 0 Å². The Labute approximate surface area is 72.4 Å². The molecule has 0 saturated heterocycles. The lowest BCUT2D eigenvalue weighted by atomic mass is 10.9. The molecule has 0 saturated carbocycles. The van der Waals surface area contributed by atoms with E-state index >= 15 is 0 Å². The molecule has 0 aliphatic rings. The molecule has 0 radical (unpaired) electrons. The third kappa shape index (κ3) is 22.5. The third-order valence-corrected chi connectivity index (χ3v) is 1.41. The molecule has 72 valence electrons. The Bertz CT molecular complexity index is 126. The van der Waals surface area contributed by atoms with Crippen molar-refractivity contribution in [3.8, 4) is 0 Å². The SMILES string of the molecule is CCO[P+](=O)OCC.O=[P+](O)O. The molecule has 0 aromatic heterocycles. The molecule has 0 aliphatic carbocycles. The van der Waals surface area contributed by atoms with E-state index in [0.29, 0.717) is 13.2 Å². The monoisotopic (exact) mass is 218 g/mol. The normalized spacial score (nSPS) is 8.33. The van der Waals surface area contributed by atoms with Crippen LogP contribution in [0.15, 0.2) is 0 Å². The summed E-state index contributed by atoms with van der Waals surface area (Å²) in [6, 6.07) is 0. The fourth-order valence-electron chi connectivity index (χ4n) is 0.248. The fourth-order valence-corrected chi connectivity index (χ4v) is 0.744. The van der Waals surface area contributed by atoms with Gasteiger partial charge in [0.05, 0.1) is 0 Å². The van der Waals surface area contributed by atoms with E-state index in [9.17, 15) is 4.57 Å². The van der Waals surface area contributed by atoms with Gasteiger partial charge in [0.1, 0.15) is 13.2 Å². The van der Waals surface area contributed by atoms with Crippen molar-refractivity contribution < 1.29 is 28.0 Å². The smallest absolute Gasteiger partial charge is 0.134 e. The van der Waals surface area contributed by atoms with Crippen LogP contribution < -0.4 is 0 Å². The number of rotatable bonds is 4. The van der Waals surface area contributed by atoms with Gasteiger partial charge in [-0.15, -0.1) is 18.8 Å². The third-order valence-electron chi connectivity index (χ3n) is 0.469. The van der Waals surface area contributed by atoms with Crippen LogP contribution in [-0.2, 0) is 18.2 Å². The van der Waals surface area contributed by atoms with Gasteiger partial charge in [-0.1, -0.05) is 0 Å². The lowest BCUT2D eigenvalue weighted by molar-refractivity contribution is 0.243. The van der Waals surface area contributed by atoms with Crippen LogP contribution in [0, 0.1) is 0 Å². The Morgan fingerprint density at radius 1 is 1.08 bits per heavy atom. The van der Waals surface area contributed by atoms with Crippen molar-refractivity contribution in [3.63, 3.8) is 0 Å². The molecule has 0 amide bonds. The molecule has 0 aliphatic heterocycles. The zero-order chi connectivity index (χ0) is 9.98. The molecule has 0 fully saturated rings. The summed E-state index contributed by atoms with van der Waals surface area (Å²) in [4.78, 5) is 14.2. The minimum absolute atomic E-state index is 0.440. The van der Waals surface area contributed by atoms with Crippen LogP contribution in [0.2, 0.25) is 0 Å². The van der Waals surface area contributed by atoms with E-state index in [1.807, 2.05) is 0 Å². The van der Waals surface area contributed by atoms with Crippen LogP contribution in [0.5, 0.6) is 0 Å². The first-order valence-electron chi connectivity index (χ1n) is 3.12. The van der Waals surface area contributed by atoms with Gasteiger partial charge in [0.15, 0.2) is 0 Å². The minimum Gasteiger partial charge on any atom is -0.134 e. The second-order valence-corrected chi connectivity index (χ2v) is 2.78. The summed E-state index contributed by atoms with van der Waals surface area (Å²) in [5, 5.41) is 0. The Hall–Kier alpha value is 0.0400. The molecule has 0 unspecified atom stereocenters. The Morgan fingerprint density at radius 2 is 1.33 bits per heavy atom. The summed E-state index contributed by atoms with van der Waals surface area (Å²) in [6.45, 7) is 4.42. The van der Waals surface area contributed by atoms with Crippen LogP contribution in [-0.4, -0.2) is 23.0 Å². The Kier molecular flexibility index (Phi) is 13.4. The molecule has 12 heavy (non-hydrogen) atoms.